The molecule has 0 aliphatic heterocycles. The fraction of sp³-hybridized carbons (Fsp3) is 0.909. The topological polar surface area (TPSA) is 38.3 Å². The zero-order chi connectivity index (χ0) is 10.6. The number of carbonyl (C=O) groups is 1. The molecule has 0 heterocycles. The van der Waals surface area contributed by atoms with Crippen LogP contribution in [-0.4, -0.2) is 24.2 Å². The van der Waals surface area contributed by atoms with Crippen molar-refractivity contribution < 1.29 is 9.53 Å². The van der Waals surface area contributed by atoms with Gasteiger partial charge in [0.2, 0.25) is 0 Å². The van der Waals surface area contributed by atoms with Gasteiger partial charge in [-0.3, -0.25) is 4.79 Å². The maximum Gasteiger partial charge on any atom is 0.307 e. The van der Waals surface area contributed by atoms with Crippen LogP contribution in [0.2, 0.25) is 0 Å². The molecule has 3 nitrogen and oxygen atoms in total. The fourth-order valence-electron chi connectivity index (χ4n) is 1.53. The van der Waals surface area contributed by atoms with Crippen molar-refractivity contribution in [1.29, 1.82) is 0 Å². The summed E-state index contributed by atoms with van der Waals surface area (Å²) in [5.74, 6) is -0.0926. The minimum absolute atomic E-state index is 0.0760. The van der Waals surface area contributed by atoms with Crippen molar-refractivity contribution in [2.75, 3.05) is 6.61 Å². The van der Waals surface area contributed by atoms with Crippen molar-refractivity contribution in [3.63, 3.8) is 0 Å². The van der Waals surface area contributed by atoms with Crippen molar-refractivity contribution >= 4 is 5.97 Å². The Bertz CT molecular complexity index is 201. The fourth-order valence-corrected chi connectivity index (χ4v) is 1.53. The van der Waals surface area contributed by atoms with E-state index >= 15 is 0 Å². The summed E-state index contributed by atoms with van der Waals surface area (Å²) < 4.78 is 4.96. The SMILES string of the molecule is CCOC(=O)CC(C)(CC)NC1CC1. The van der Waals surface area contributed by atoms with E-state index in [0.717, 1.165) is 6.42 Å². The molecule has 1 rings (SSSR count). The predicted molar refractivity (Wildman–Crippen MR) is 56.1 cm³/mol. The van der Waals surface area contributed by atoms with Gasteiger partial charge >= 0.3 is 5.97 Å². The van der Waals surface area contributed by atoms with Crippen molar-refractivity contribution in [2.45, 2.75) is 58.0 Å². The van der Waals surface area contributed by atoms with Gasteiger partial charge in [-0.15, -0.1) is 0 Å². The molecule has 82 valence electrons. The molecule has 1 aliphatic carbocycles. The van der Waals surface area contributed by atoms with Crippen molar-refractivity contribution in [1.82, 2.24) is 5.32 Å². The smallest absolute Gasteiger partial charge is 0.307 e. The molecule has 3 heteroatoms. The third-order valence-electron chi connectivity index (χ3n) is 2.75. The number of ether oxygens (including phenoxy) is 1. The lowest BCUT2D eigenvalue weighted by Crippen LogP contribution is -2.45. The largest absolute Gasteiger partial charge is 0.466 e. The van der Waals surface area contributed by atoms with Crippen LogP contribution in [0.25, 0.3) is 0 Å². The van der Waals surface area contributed by atoms with Crippen molar-refractivity contribution in [2.24, 2.45) is 0 Å². The first kappa shape index (κ1) is 11.5. The summed E-state index contributed by atoms with van der Waals surface area (Å²) in [7, 11) is 0. The summed E-state index contributed by atoms with van der Waals surface area (Å²) >= 11 is 0. The molecule has 14 heavy (non-hydrogen) atoms. The summed E-state index contributed by atoms with van der Waals surface area (Å²) in [5, 5.41) is 3.51. The molecule has 1 fully saturated rings. The predicted octanol–water partition coefficient (Wildman–Crippen LogP) is 1.86. The van der Waals surface area contributed by atoms with Crippen LogP contribution in [0.5, 0.6) is 0 Å². The van der Waals surface area contributed by atoms with Crippen LogP contribution in [-0.2, 0) is 9.53 Å². The van der Waals surface area contributed by atoms with Gasteiger partial charge in [0.1, 0.15) is 0 Å². The van der Waals surface area contributed by atoms with Crippen molar-refractivity contribution in [3.05, 3.63) is 0 Å². The molecule has 0 saturated heterocycles. The van der Waals surface area contributed by atoms with Gasteiger partial charge in [-0.1, -0.05) is 6.92 Å². The molecular formula is C11H21NO2. The Labute approximate surface area is 86.2 Å². The average Bonchev–Trinajstić information content (AvgIpc) is 2.88. The number of rotatable bonds is 6. The number of carbonyl (C=O) groups excluding carboxylic acids is 1. The van der Waals surface area contributed by atoms with Crippen LogP contribution in [0.15, 0.2) is 0 Å². The summed E-state index contributed by atoms with van der Waals surface area (Å²) in [4.78, 5) is 11.4. The molecule has 1 atom stereocenters. The highest BCUT2D eigenvalue weighted by Gasteiger charge is 2.33. The average molecular weight is 199 g/mol. The highest BCUT2D eigenvalue weighted by atomic mass is 16.5. The third-order valence-corrected chi connectivity index (χ3v) is 2.75. The Morgan fingerprint density at radius 1 is 1.50 bits per heavy atom. The second-order valence-electron chi connectivity index (χ2n) is 4.31. The van der Waals surface area contributed by atoms with Gasteiger partial charge in [0.05, 0.1) is 13.0 Å². The molecule has 1 unspecified atom stereocenters. The van der Waals surface area contributed by atoms with E-state index in [4.69, 9.17) is 4.74 Å². The first-order chi connectivity index (χ1) is 6.59. The Morgan fingerprint density at radius 3 is 2.57 bits per heavy atom. The maximum absolute atomic E-state index is 11.4. The van der Waals surface area contributed by atoms with E-state index in [2.05, 4.69) is 19.2 Å². The van der Waals surface area contributed by atoms with Gasteiger partial charge in [0.25, 0.3) is 0 Å². The van der Waals surface area contributed by atoms with E-state index in [-0.39, 0.29) is 11.5 Å². The summed E-state index contributed by atoms with van der Waals surface area (Å²) in [6.45, 7) is 6.52. The minimum Gasteiger partial charge on any atom is -0.466 e. The van der Waals surface area contributed by atoms with Gasteiger partial charge in [0.15, 0.2) is 0 Å². The van der Waals surface area contributed by atoms with Gasteiger partial charge in [-0.2, -0.15) is 0 Å². The second-order valence-corrected chi connectivity index (χ2v) is 4.31. The first-order valence-corrected chi connectivity index (χ1v) is 5.53. The molecule has 1 N–H and O–H groups in total. The van der Waals surface area contributed by atoms with Crippen LogP contribution in [0.4, 0.5) is 0 Å². The molecule has 0 bridgehead atoms. The number of nitrogens with one attached hydrogen (secondary N) is 1. The molecule has 1 aliphatic rings. The molecule has 0 radical (unpaired) electrons. The van der Waals surface area contributed by atoms with Gasteiger partial charge < -0.3 is 10.1 Å². The van der Waals surface area contributed by atoms with E-state index in [1.165, 1.54) is 12.8 Å². The Morgan fingerprint density at radius 2 is 2.14 bits per heavy atom. The monoisotopic (exact) mass is 199 g/mol. The Balaban J connectivity index is 2.37. The lowest BCUT2D eigenvalue weighted by Gasteiger charge is -2.28. The van der Waals surface area contributed by atoms with Gasteiger partial charge in [0, 0.05) is 11.6 Å². The summed E-state index contributed by atoms with van der Waals surface area (Å²) in [6.07, 6.45) is 3.94. The van der Waals surface area contributed by atoms with Crippen LogP contribution in [0, 0.1) is 0 Å². The molecule has 0 aromatic carbocycles. The van der Waals surface area contributed by atoms with Crippen LogP contribution >= 0.6 is 0 Å². The zero-order valence-electron chi connectivity index (χ0n) is 9.43. The highest BCUT2D eigenvalue weighted by Crippen LogP contribution is 2.25. The normalized spacial score (nSPS) is 20.2. The van der Waals surface area contributed by atoms with E-state index in [1.54, 1.807) is 0 Å². The van der Waals surface area contributed by atoms with E-state index < -0.39 is 0 Å². The Kier molecular flexibility index (Phi) is 3.93. The second kappa shape index (κ2) is 4.78. The van der Waals surface area contributed by atoms with E-state index in [9.17, 15) is 4.79 Å². The Hall–Kier alpha value is -0.570. The van der Waals surface area contributed by atoms with Crippen LogP contribution in [0.1, 0.15) is 46.5 Å². The summed E-state index contributed by atoms with van der Waals surface area (Å²) in [5.41, 5.74) is -0.0760. The van der Waals surface area contributed by atoms with E-state index in [1.807, 2.05) is 6.92 Å². The maximum atomic E-state index is 11.4. The van der Waals surface area contributed by atoms with E-state index in [0.29, 0.717) is 19.1 Å². The molecule has 0 amide bonds. The van der Waals surface area contributed by atoms with Crippen LogP contribution < -0.4 is 5.32 Å². The number of hydrogen-bond donors (Lipinski definition) is 1. The third kappa shape index (κ3) is 3.66. The first-order valence-electron chi connectivity index (χ1n) is 5.53. The lowest BCUT2D eigenvalue weighted by molar-refractivity contribution is -0.144. The standard InChI is InChI=1S/C11H21NO2/c1-4-11(3,12-9-6-7-9)8-10(13)14-5-2/h9,12H,4-8H2,1-3H3. The molecule has 0 aromatic heterocycles. The number of hydrogen-bond acceptors (Lipinski definition) is 3. The molecular weight excluding hydrogens is 178 g/mol. The quantitative estimate of drug-likeness (QED) is 0.664. The van der Waals surface area contributed by atoms with Gasteiger partial charge in [-0.25, -0.2) is 0 Å². The molecule has 1 saturated carbocycles. The number of esters is 1. The van der Waals surface area contributed by atoms with Crippen LogP contribution in [0.3, 0.4) is 0 Å². The highest BCUT2D eigenvalue weighted by molar-refractivity contribution is 5.70. The zero-order valence-corrected chi connectivity index (χ0v) is 9.43. The van der Waals surface area contributed by atoms with Gasteiger partial charge in [-0.05, 0) is 33.1 Å². The molecule has 0 aromatic rings. The lowest BCUT2D eigenvalue weighted by atomic mass is 9.94. The van der Waals surface area contributed by atoms with Crippen molar-refractivity contribution in [3.8, 4) is 0 Å². The molecule has 0 spiro atoms. The minimum atomic E-state index is -0.0926. The summed E-state index contributed by atoms with van der Waals surface area (Å²) in [6, 6.07) is 0.634.